The van der Waals surface area contributed by atoms with E-state index in [4.69, 9.17) is 0 Å². The number of nitrogens with zero attached hydrogens (tertiary/aromatic N) is 1. The monoisotopic (exact) mass is 354 g/mol. The van der Waals surface area contributed by atoms with Gasteiger partial charge in [-0.05, 0) is 47.9 Å². The van der Waals surface area contributed by atoms with Crippen LogP contribution in [0, 0.1) is 12.8 Å². The average molecular weight is 355 g/mol. The Hall–Kier alpha value is -1.41. The molecule has 0 N–H and O–H groups in total. The largest absolute Gasteiger partial charge is 0.212 e. The van der Waals surface area contributed by atoms with Gasteiger partial charge in [-0.3, -0.25) is 0 Å². The summed E-state index contributed by atoms with van der Waals surface area (Å²) in [5, 5.41) is 1.60. The third-order valence-corrected chi connectivity index (χ3v) is 7.07. The van der Waals surface area contributed by atoms with Crippen molar-refractivity contribution >= 4 is 13.3 Å². The number of aromatic nitrogens is 1. The standard InChI is InChI=1S/C23H36NSi/c1-16(2)12-20-14-22(24(6)15-23(20)25(7,8)9)21-13-19(17(3)4)11-10-18(21)5/h10-11,13-17H,12H2,1-9H3/q+1. The van der Waals surface area contributed by atoms with Crippen LogP contribution in [-0.4, -0.2) is 8.07 Å². The van der Waals surface area contributed by atoms with Crippen molar-refractivity contribution in [2.75, 3.05) is 0 Å². The zero-order valence-corrected chi connectivity index (χ0v) is 18.7. The van der Waals surface area contributed by atoms with E-state index in [0.29, 0.717) is 11.8 Å². The Morgan fingerprint density at radius 3 is 2.16 bits per heavy atom. The fourth-order valence-electron chi connectivity index (χ4n) is 3.52. The smallest absolute Gasteiger partial charge is 0.201 e. The summed E-state index contributed by atoms with van der Waals surface area (Å²) in [6, 6.07) is 9.41. The van der Waals surface area contributed by atoms with Gasteiger partial charge in [0, 0.05) is 16.8 Å². The summed E-state index contributed by atoms with van der Waals surface area (Å²) >= 11 is 0. The highest BCUT2D eigenvalue weighted by molar-refractivity contribution is 6.88. The molecule has 1 aromatic heterocycles. The fraction of sp³-hybridized carbons (Fsp3) is 0.522. The van der Waals surface area contributed by atoms with Crippen molar-refractivity contribution in [1.82, 2.24) is 0 Å². The van der Waals surface area contributed by atoms with Crippen LogP contribution in [0.1, 0.15) is 50.3 Å². The van der Waals surface area contributed by atoms with E-state index >= 15 is 0 Å². The van der Waals surface area contributed by atoms with Crippen molar-refractivity contribution in [1.29, 1.82) is 0 Å². The predicted octanol–water partition coefficient (Wildman–Crippen LogP) is 5.35. The van der Waals surface area contributed by atoms with Gasteiger partial charge < -0.3 is 0 Å². The third-order valence-electron chi connectivity index (χ3n) is 5.00. The van der Waals surface area contributed by atoms with E-state index in [1.807, 2.05) is 0 Å². The molecule has 0 spiro atoms. The number of benzene rings is 1. The van der Waals surface area contributed by atoms with Crippen LogP contribution in [0.2, 0.25) is 19.6 Å². The molecule has 0 fully saturated rings. The lowest BCUT2D eigenvalue weighted by atomic mass is 9.94. The Kier molecular flexibility index (Phi) is 5.93. The van der Waals surface area contributed by atoms with E-state index in [9.17, 15) is 0 Å². The minimum absolute atomic E-state index is 0.557. The summed E-state index contributed by atoms with van der Waals surface area (Å²) in [6.07, 6.45) is 3.58. The molecule has 0 aliphatic carbocycles. The molecule has 0 radical (unpaired) electrons. The van der Waals surface area contributed by atoms with Gasteiger partial charge in [-0.2, -0.15) is 0 Å². The highest BCUT2D eigenvalue weighted by Gasteiger charge is 2.26. The maximum absolute atomic E-state index is 2.47. The van der Waals surface area contributed by atoms with Crippen molar-refractivity contribution in [2.45, 2.75) is 66.6 Å². The van der Waals surface area contributed by atoms with Gasteiger partial charge in [0.1, 0.15) is 7.05 Å². The highest BCUT2D eigenvalue weighted by Crippen LogP contribution is 2.26. The van der Waals surface area contributed by atoms with Gasteiger partial charge in [-0.25, -0.2) is 4.57 Å². The second-order valence-electron chi connectivity index (χ2n) is 9.29. The van der Waals surface area contributed by atoms with Crippen LogP contribution < -0.4 is 9.75 Å². The van der Waals surface area contributed by atoms with Crippen LogP contribution in [0.15, 0.2) is 30.5 Å². The Morgan fingerprint density at radius 1 is 1.00 bits per heavy atom. The maximum atomic E-state index is 2.47. The highest BCUT2D eigenvalue weighted by atomic mass is 28.3. The Bertz CT molecular complexity index is 751. The van der Waals surface area contributed by atoms with E-state index in [-0.39, 0.29) is 0 Å². The van der Waals surface area contributed by atoms with Crippen molar-refractivity contribution in [2.24, 2.45) is 13.0 Å². The molecule has 1 nitrogen and oxygen atoms in total. The Labute approximate surface area is 156 Å². The summed E-state index contributed by atoms with van der Waals surface area (Å²) in [7, 11) is 0.845. The summed E-state index contributed by atoms with van der Waals surface area (Å²) in [6.45, 7) is 18.8. The van der Waals surface area contributed by atoms with Crippen LogP contribution in [-0.2, 0) is 13.5 Å². The zero-order valence-electron chi connectivity index (χ0n) is 17.7. The van der Waals surface area contributed by atoms with E-state index in [1.165, 1.54) is 22.4 Å². The lowest BCUT2D eigenvalue weighted by Gasteiger charge is -2.21. The normalized spacial score (nSPS) is 12.3. The predicted molar refractivity (Wildman–Crippen MR) is 113 cm³/mol. The topological polar surface area (TPSA) is 3.88 Å². The zero-order chi connectivity index (χ0) is 18.9. The molecule has 136 valence electrons. The molecule has 1 aromatic carbocycles. The summed E-state index contributed by atoms with van der Waals surface area (Å²) in [5.41, 5.74) is 7.05. The SMILES string of the molecule is Cc1ccc(C(C)C)cc1-c1cc(CC(C)C)c([Si](C)(C)C)c[n+]1C. The average Bonchev–Trinajstić information content (AvgIpc) is 2.47. The van der Waals surface area contributed by atoms with Gasteiger partial charge in [0.05, 0.1) is 8.07 Å². The second-order valence-corrected chi connectivity index (χ2v) is 14.3. The Balaban J connectivity index is 2.69. The van der Waals surface area contributed by atoms with Crippen LogP contribution in [0.3, 0.4) is 0 Å². The van der Waals surface area contributed by atoms with Gasteiger partial charge in [-0.1, -0.05) is 59.5 Å². The molecule has 0 aliphatic rings. The third kappa shape index (κ3) is 4.61. The summed E-state index contributed by atoms with van der Waals surface area (Å²) in [5.74, 6) is 1.24. The minimum Gasteiger partial charge on any atom is -0.201 e. The first-order valence-corrected chi connectivity index (χ1v) is 13.1. The second kappa shape index (κ2) is 7.45. The molecule has 2 heteroatoms. The van der Waals surface area contributed by atoms with E-state index < -0.39 is 8.07 Å². The molecule has 2 rings (SSSR count). The summed E-state index contributed by atoms with van der Waals surface area (Å²) < 4.78 is 2.35. The fourth-order valence-corrected chi connectivity index (χ4v) is 5.24. The number of hydrogen-bond donors (Lipinski definition) is 0. The van der Waals surface area contributed by atoms with E-state index in [0.717, 1.165) is 6.42 Å². The van der Waals surface area contributed by atoms with Gasteiger partial charge in [-0.15, -0.1) is 0 Å². The van der Waals surface area contributed by atoms with Gasteiger partial charge in [0.15, 0.2) is 6.20 Å². The van der Waals surface area contributed by atoms with E-state index in [1.54, 1.807) is 10.8 Å². The lowest BCUT2D eigenvalue weighted by Crippen LogP contribution is -2.47. The number of aryl methyl sites for hydroxylation is 2. The molecule has 0 amide bonds. The molecule has 0 unspecified atom stereocenters. The number of rotatable bonds is 5. The molecule has 25 heavy (non-hydrogen) atoms. The molecule has 0 aliphatic heterocycles. The van der Waals surface area contributed by atoms with Gasteiger partial charge in [0.25, 0.3) is 0 Å². The van der Waals surface area contributed by atoms with Gasteiger partial charge >= 0.3 is 0 Å². The number of pyridine rings is 1. The van der Waals surface area contributed by atoms with Crippen molar-refractivity contribution in [3.05, 3.63) is 47.2 Å². The molecule has 1 heterocycles. The summed E-state index contributed by atoms with van der Waals surface area (Å²) in [4.78, 5) is 0. The lowest BCUT2D eigenvalue weighted by molar-refractivity contribution is -0.659. The molecule has 0 saturated carbocycles. The molecule has 0 bridgehead atoms. The molecular weight excluding hydrogens is 318 g/mol. The van der Waals surface area contributed by atoms with Crippen molar-refractivity contribution in [3.63, 3.8) is 0 Å². The first kappa shape index (κ1) is 19.9. The number of hydrogen-bond acceptors (Lipinski definition) is 0. The van der Waals surface area contributed by atoms with Crippen LogP contribution in [0.4, 0.5) is 0 Å². The minimum atomic E-state index is -1.36. The van der Waals surface area contributed by atoms with Crippen molar-refractivity contribution < 1.29 is 4.57 Å². The Morgan fingerprint density at radius 2 is 1.64 bits per heavy atom. The van der Waals surface area contributed by atoms with Crippen LogP contribution in [0.5, 0.6) is 0 Å². The van der Waals surface area contributed by atoms with Crippen LogP contribution >= 0.6 is 0 Å². The molecule has 0 saturated heterocycles. The quantitative estimate of drug-likeness (QED) is 0.503. The molecule has 2 aromatic rings. The van der Waals surface area contributed by atoms with E-state index in [2.05, 4.69) is 96.3 Å². The van der Waals surface area contributed by atoms with Crippen molar-refractivity contribution in [3.8, 4) is 11.3 Å². The maximum Gasteiger partial charge on any atom is 0.212 e. The molecular formula is C23H36NSi+. The molecule has 0 atom stereocenters. The van der Waals surface area contributed by atoms with Gasteiger partial charge in [0.2, 0.25) is 5.69 Å². The van der Waals surface area contributed by atoms with Crippen LogP contribution in [0.25, 0.3) is 11.3 Å². The first-order chi connectivity index (χ1) is 11.5. The first-order valence-electron chi connectivity index (χ1n) is 9.64.